The van der Waals surface area contributed by atoms with Gasteiger partial charge in [0, 0.05) is 17.1 Å². The van der Waals surface area contributed by atoms with E-state index < -0.39 is 6.04 Å². The first-order valence-electron chi connectivity index (χ1n) is 11.3. The Morgan fingerprint density at radius 3 is 2.58 bits per heavy atom. The minimum atomic E-state index is -0.582. The van der Waals surface area contributed by atoms with Crippen molar-refractivity contribution < 1.29 is 13.9 Å². The van der Waals surface area contributed by atoms with Crippen LogP contribution in [-0.4, -0.2) is 49.0 Å². The van der Waals surface area contributed by atoms with Gasteiger partial charge in [0.15, 0.2) is 5.43 Å². The quantitative estimate of drug-likeness (QED) is 0.463. The van der Waals surface area contributed by atoms with Crippen LogP contribution in [-0.2, 0) is 0 Å². The average molecular weight is 469 g/mol. The highest BCUT2D eigenvalue weighted by atomic mass is 35.5. The van der Waals surface area contributed by atoms with E-state index in [1.54, 1.807) is 24.1 Å². The van der Waals surface area contributed by atoms with E-state index >= 15 is 0 Å². The highest BCUT2D eigenvalue weighted by Gasteiger charge is 2.43. The number of ether oxygens (including phenoxy) is 1. The van der Waals surface area contributed by atoms with E-state index in [4.69, 9.17) is 20.8 Å². The Hall–Kier alpha value is -2.83. The van der Waals surface area contributed by atoms with Gasteiger partial charge in [-0.3, -0.25) is 9.59 Å². The first kappa shape index (κ1) is 23.3. The van der Waals surface area contributed by atoms with Crippen LogP contribution in [0.1, 0.15) is 53.6 Å². The molecule has 1 aromatic heterocycles. The predicted molar refractivity (Wildman–Crippen MR) is 131 cm³/mol. The molecule has 1 atom stereocenters. The molecule has 0 radical (unpaired) electrons. The Morgan fingerprint density at radius 2 is 1.88 bits per heavy atom. The third-order valence-electron chi connectivity index (χ3n) is 6.45. The van der Waals surface area contributed by atoms with Gasteiger partial charge in [-0.1, -0.05) is 43.6 Å². The molecular weight excluding hydrogens is 440 g/mol. The molecule has 174 valence electrons. The van der Waals surface area contributed by atoms with Gasteiger partial charge in [-0.25, -0.2) is 0 Å². The Kier molecular flexibility index (Phi) is 6.77. The molecule has 1 aliphatic rings. The van der Waals surface area contributed by atoms with E-state index in [1.165, 1.54) is 0 Å². The number of carbonyl (C=O) groups excluding carboxylic acids is 1. The molecule has 1 aliphatic heterocycles. The lowest BCUT2D eigenvalue weighted by molar-refractivity contribution is 0.0719. The summed E-state index contributed by atoms with van der Waals surface area (Å²) >= 11 is 6.31. The summed E-state index contributed by atoms with van der Waals surface area (Å²) in [6.45, 7) is 9.35. The molecule has 1 unspecified atom stereocenters. The number of halogens is 1. The second-order valence-electron chi connectivity index (χ2n) is 8.30. The summed E-state index contributed by atoms with van der Waals surface area (Å²) in [5.41, 5.74) is 2.04. The van der Waals surface area contributed by atoms with Crippen molar-refractivity contribution in [2.24, 2.45) is 0 Å². The highest BCUT2D eigenvalue weighted by Crippen LogP contribution is 2.41. The standard InChI is InChI=1S/C26H29ClN2O4/c1-5-28(6-2)12-9-13-29-23(17-10-7-8-11-20(17)32-4)22-24(30)18-15-19(27)16(3)14-21(18)33-25(22)26(29)31/h7-8,10-11,14-15,23H,5-6,9,12-13H2,1-4H3. The van der Waals surface area contributed by atoms with E-state index in [0.29, 0.717) is 33.8 Å². The summed E-state index contributed by atoms with van der Waals surface area (Å²) in [5, 5.41) is 0.867. The van der Waals surface area contributed by atoms with Crippen molar-refractivity contribution >= 4 is 28.5 Å². The maximum absolute atomic E-state index is 13.7. The van der Waals surface area contributed by atoms with E-state index in [2.05, 4.69) is 18.7 Å². The number of fused-ring (bicyclic) bond motifs is 2. The average Bonchev–Trinajstić information content (AvgIpc) is 3.10. The second kappa shape index (κ2) is 9.57. The molecule has 33 heavy (non-hydrogen) atoms. The number of rotatable bonds is 8. The first-order valence-corrected chi connectivity index (χ1v) is 11.7. The number of nitrogens with zero attached hydrogens (tertiary/aromatic N) is 2. The SMILES string of the molecule is CCN(CC)CCCN1C(=O)c2oc3cc(C)c(Cl)cc3c(=O)c2C1c1ccccc1OC. The van der Waals surface area contributed by atoms with Crippen LogP contribution in [0.3, 0.4) is 0 Å². The van der Waals surface area contributed by atoms with Gasteiger partial charge < -0.3 is 19.0 Å². The van der Waals surface area contributed by atoms with E-state index in [1.807, 2.05) is 31.2 Å². The number of hydrogen-bond donors (Lipinski definition) is 0. The third kappa shape index (κ3) is 4.13. The molecule has 4 rings (SSSR count). The number of hydrogen-bond acceptors (Lipinski definition) is 5. The lowest BCUT2D eigenvalue weighted by atomic mass is 9.97. The van der Waals surface area contributed by atoms with Gasteiger partial charge in [0.1, 0.15) is 11.3 Å². The largest absolute Gasteiger partial charge is 0.496 e. The number of methoxy groups -OCH3 is 1. The minimum absolute atomic E-state index is 0.105. The van der Waals surface area contributed by atoms with Gasteiger partial charge in [-0.05, 0) is 56.7 Å². The Balaban J connectivity index is 1.86. The van der Waals surface area contributed by atoms with Crippen LogP contribution in [0.25, 0.3) is 11.0 Å². The molecule has 0 saturated heterocycles. The normalized spacial score (nSPS) is 15.5. The zero-order valence-electron chi connectivity index (χ0n) is 19.5. The Labute approximate surface area is 198 Å². The van der Waals surface area contributed by atoms with Gasteiger partial charge in [0.25, 0.3) is 5.91 Å². The van der Waals surface area contributed by atoms with Gasteiger partial charge in [0.05, 0.1) is 24.1 Å². The van der Waals surface area contributed by atoms with Gasteiger partial charge in [0.2, 0.25) is 5.76 Å². The van der Waals surface area contributed by atoms with E-state index in [0.717, 1.165) is 37.2 Å². The second-order valence-corrected chi connectivity index (χ2v) is 8.70. The molecule has 6 nitrogen and oxygen atoms in total. The van der Waals surface area contributed by atoms with E-state index in [9.17, 15) is 9.59 Å². The van der Waals surface area contributed by atoms with Gasteiger partial charge in [-0.15, -0.1) is 0 Å². The zero-order valence-corrected chi connectivity index (χ0v) is 20.2. The van der Waals surface area contributed by atoms with Crippen molar-refractivity contribution in [3.8, 4) is 5.75 Å². The molecule has 7 heteroatoms. The van der Waals surface area contributed by atoms with Crippen molar-refractivity contribution in [2.45, 2.75) is 33.2 Å². The number of benzene rings is 2. The van der Waals surface area contributed by atoms with Crippen molar-refractivity contribution in [1.82, 2.24) is 9.80 Å². The van der Waals surface area contributed by atoms with Crippen LogP contribution < -0.4 is 10.2 Å². The maximum Gasteiger partial charge on any atom is 0.290 e. The van der Waals surface area contributed by atoms with Crippen molar-refractivity contribution in [1.29, 1.82) is 0 Å². The maximum atomic E-state index is 13.7. The molecule has 0 bridgehead atoms. The first-order chi connectivity index (χ1) is 15.9. The summed E-state index contributed by atoms with van der Waals surface area (Å²) < 4.78 is 11.7. The molecule has 3 aromatic rings. The van der Waals surface area contributed by atoms with Gasteiger partial charge in [-0.2, -0.15) is 0 Å². The summed E-state index contributed by atoms with van der Waals surface area (Å²) in [7, 11) is 1.59. The van der Waals surface area contributed by atoms with Crippen molar-refractivity contribution in [3.05, 3.63) is 74.1 Å². The molecule has 1 amide bonds. The third-order valence-corrected chi connectivity index (χ3v) is 6.86. The number of para-hydroxylation sites is 1. The minimum Gasteiger partial charge on any atom is -0.496 e. The van der Waals surface area contributed by atoms with Gasteiger partial charge >= 0.3 is 0 Å². The smallest absolute Gasteiger partial charge is 0.290 e. The van der Waals surface area contributed by atoms with Crippen LogP contribution >= 0.6 is 11.6 Å². The van der Waals surface area contributed by atoms with Crippen LogP contribution in [0.2, 0.25) is 5.02 Å². The summed E-state index contributed by atoms with van der Waals surface area (Å²) in [6.07, 6.45) is 0.783. The molecule has 2 heterocycles. The lowest BCUT2D eigenvalue weighted by Crippen LogP contribution is -2.33. The zero-order chi connectivity index (χ0) is 23.7. The van der Waals surface area contributed by atoms with Crippen LogP contribution in [0.4, 0.5) is 0 Å². The monoisotopic (exact) mass is 468 g/mol. The highest BCUT2D eigenvalue weighted by molar-refractivity contribution is 6.32. The molecule has 0 spiro atoms. The van der Waals surface area contributed by atoms with Crippen LogP contribution in [0.5, 0.6) is 5.75 Å². The van der Waals surface area contributed by atoms with E-state index in [-0.39, 0.29) is 17.1 Å². The fourth-order valence-electron chi connectivity index (χ4n) is 4.59. The molecule has 0 N–H and O–H groups in total. The van der Waals surface area contributed by atoms with Crippen molar-refractivity contribution in [2.75, 3.05) is 33.3 Å². The molecule has 0 saturated carbocycles. The molecule has 2 aromatic carbocycles. The molecule has 0 fully saturated rings. The number of carbonyl (C=O) groups is 1. The summed E-state index contributed by atoms with van der Waals surface area (Å²) in [5.74, 6) is 0.457. The topological polar surface area (TPSA) is 63.0 Å². The van der Waals surface area contributed by atoms with Crippen LogP contribution in [0.15, 0.2) is 45.6 Å². The fraction of sp³-hybridized carbons (Fsp3) is 0.385. The number of aryl methyl sites for hydroxylation is 1. The van der Waals surface area contributed by atoms with Crippen molar-refractivity contribution in [3.63, 3.8) is 0 Å². The molecule has 0 aliphatic carbocycles. The Bertz CT molecular complexity index is 1250. The predicted octanol–water partition coefficient (Wildman–Crippen LogP) is 5.04. The summed E-state index contributed by atoms with van der Waals surface area (Å²) in [6, 6.07) is 10.3. The fourth-order valence-corrected chi connectivity index (χ4v) is 4.76. The lowest BCUT2D eigenvalue weighted by Gasteiger charge is -2.27. The summed E-state index contributed by atoms with van der Waals surface area (Å²) in [4.78, 5) is 31.3. The number of amides is 1. The Morgan fingerprint density at radius 1 is 1.15 bits per heavy atom. The molecular formula is C26H29ClN2O4. The van der Waals surface area contributed by atoms with Crippen LogP contribution in [0, 0.1) is 6.92 Å².